The van der Waals surface area contributed by atoms with Crippen molar-refractivity contribution in [3.63, 3.8) is 0 Å². The van der Waals surface area contributed by atoms with E-state index in [-0.39, 0.29) is 5.82 Å². The van der Waals surface area contributed by atoms with E-state index in [4.69, 9.17) is 0 Å². The maximum absolute atomic E-state index is 13.3. The first-order valence-electron chi connectivity index (χ1n) is 8.27. The van der Waals surface area contributed by atoms with Gasteiger partial charge in [0.05, 0.1) is 6.10 Å². The molecule has 7 nitrogen and oxygen atoms in total. The van der Waals surface area contributed by atoms with Crippen LogP contribution in [0.5, 0.6) is 0 Å². The number of halogens is 1. The van der Waals surface area contributed by atoms with E-state index in [2.05, 4.69) is 25.1 Å². The zero-order valence-corrected chi connectivity index (χ0v) is 13.7. The molecule has 1 saturated heterocycles. The van der Waals surface area contributed by atoms with Gasteiger partial charge in [0.1, 0.15) is 18.0 Å². The van der Waals surface area contributed by atoms with Crippen LogP contribution in [0, 0.1) is 5.82 Å². The number of hydrogen-bond acceptors (Lipinski definition) is 6. The Balaban J connectivity index is 1.36. The molecule has 3 heterocycles. The number of hydrogen-bond donors (Lipinski definition) is 1. The zero-order chi connectivity index (χ0) is 17.2. The first-order valence-corrected chi connectivity index (χ1v) is 8.27. The van der Waals surface area contributed by atoms with E-state index in [1.54, 1.807) is 23.0 Å². The third-order valence-electron chi connectivity index (χ3n) is 4.51. The first kappa shape index (κ1) is 15.9. The van der Waals surface area contributed by atoms with Gasteiger partial charge in [-0.1, -0.05) is 12.1 Å². The largest absolute Gasteiger partial charge is 0.387 e. The fraction of sp³-hybridized carbons (Fsp3) is 0.353. The Hall–Kier alpha value is -2.58. The minimum atomic E-state index is -0.686. The van der Waals surface area contributed by atoms with Crippen LogP contribution in [0.15, 0.2) is 42.7 Å². The monoisotopic (exact) mass is 342 g/mol. The quantitative estimate of drug-likeness (QED) is 0.766. The van der Waals surface area contributed by atoms with Gasteiger partial charge in [-0.25, -0.2) is 4.39 Å². The lowest BCUT2D eigenvalue weighted by Gasteiger charge is -2.36. The molecule has 130 valence electrons. The third-order valence-corrected chi connectivity index (χ3v) is 4.51. The summed E-state index contributed by atoms with van der Waals surface area (Å²) in [6, 6.07) is 9.99. The number of benzene rings is 1. The van der Waals surface area contributed by atoms with Crippen molar-refractivity contribution >= 4 is 11.5 Å². The Bertz CT molecular complexity index is 861. The Kier molecular flexibility index (Phi) is 4.29. The van der Waals surface area contributed by atoms with Crippen LogP contribution in [0.4, 0.5) is 10.2 Å². The maximum Gasteiger partial charge on any atom is 0.177 e. The minimum absolute atomic E-state index is 0.322. The first-order chi connectivity index (χ1) is 12.2. The van der Waals surface area contributed by atoms with Gasteiger partial charge < -0.3 is 10.0 Å². The van der Waals surface area contributed by atoms with Crippen molar-refractivity contribution < 1.29 is 9.50 Å². The SMILES string of the molecule is O[C@H](CN1CCN(c2ccc3nncn3n2)CC1)c1cccc(F)c1. The van der Waals surface area contributed by atoms with Gasteiger partial charge in [0, 0.05) is 32.7 Å². The van der Waals surface area contributed by atoms with E-state index in [1.165, 1.54) is 12.1 Å². The second-order valence-electron chi connectivity index (χ2n) is 6.18. The molecule has 0 aliphatic carbocycles. The van der Waals surface area contributed by atoms with Crippen molar-refractivity contribution in [3.05, 3.63) is 54.1 Å². The van der Waals surface area contributed by atoms with Crippen LogP contribution in [0.1, 0.15) is 11.7 Å². The van der Waals surface area contributed by atoms with Crippen LogP contribution < -0.4 is 4.90 Å². The second kappa shape index (κ2) is 6.73. The molecule has 4 rings (SSSR count). The molecule has 0 bridgehead atoms. The smallest absolute Gasteiger partial charge is 0.177 e. The van der Waals surface area contributed by atoms with Crippen LogP contribution in [0.3, 0.4) is 0 Å². The summed E-state index contributed by atoms with van der Waals surface area (Å²) in [6.07, 6.45) is 0.901. The van der Waals surface area contributed by atoms with Crippen LogP contribution >= 0.6 is 0 Å². The third kappa shape index (κ3) is 3.45. The number of rotatable bonds is 4. The molecule has 1 aromatic carbocycles. The molecular weight excluding hydrogens is 323 g/mol. The van der Waals surface area contributed by atoms with E-state index in [0.29, 0.717) is 12.1 Å². The van der Waals surface area contributed by atoms with Crippen molar-refractivity contribution in [1.82, 2.24) is 24.7 Å². The maximum atomic E-state index is 13.3. The summed E-state index contributed by atoms with van der Waals surface area (Å²) in [4.78, 5) is 4.38. The molecule has 1 aliphatic heterocycles. The van der Waals surface area contributed by atoms with Gasteiger partial charge in [-0.15, -0.1) is 15.3 Å². The average Bonchev–Trinajstić information content (AvgIpc) is 3.10. The summed E-state index contributed by atoms with van der Waals surface area (Å²) in [5.74, 6) is 0.564. The lowest BCUT2D eigenvalue weighted by atomic mass is 10.1. The number of β-amino-alcohol motifs (C(OH)–C–C–N with tert-alkyl or cyclic N) is 1. The molecule has 1 fully saturated rings. The summed E-state index contributed by atoms with van der Waals surface area (Å²) in [5.41, 5.74) is 1.34. The predicted octanol–water partition coefficient (Wildman–Crippen LogP) is 1.12. The summed E-state index contributed by atoms with van der Waals surface area (Å²) < 4.78 is 14.9. The van der Waals surface area contributed by atoms with Crippen LogP contribution in [-0.2, 0) is 0 Å². The standard InChI is InChI=1S/C17H19FN6O/c18-14-3-1-2-13(10-14)15(25)11-22-6-8-23(9-7-22)17-5-4-16-20-19-12-24(16)21-17/h1-5,10,12,15,25H,6-9,11H2/t15-/m1/s1. The highest BCUT2D eigenvalue weighted by Gasteiger charge is 2.21. The van der Waals surface area contributed by atoms with Gasteiger partial charge in [0.15, 0.2) is 5.65 Å². The van der Waals surface area contributed by atoms with E-state index in [9.17, 15) is 9.50 Å². The molecule has 3 aromatic rings. The van der Waals surface area contributed by atoms with E-state index in [1.807, 2.05) is 12.1 Å². The number of nitrogens with zero attached hydrogens (tertiary/aromatic N) is 6. The summed E-state index contributed by atoms with van der Waals surface area (Å²) in [5, 5.41) is 22.6. The Labute approximate surface area is 144 Å². The number of anilines is 1. The summed E-state index contributed by atoms with van der Waals surface area (Å²) in [6.45, 7) is 3.75. The van der Waals surface area contributed by atoms with Crippen molar-refractivity contribution in [2.45, 2.75) is 6.10 Å². The van der Waals surface area contributed by atoms with Gasteiger partial charge >= 0.3 is 0 Å². The molecule has 0 spiro atoms. The minimum Gasteiger partial charge on any atom is -0.387 e. The molecule has 2 aromatic heterocycles. The molecule has 1 atom stereocenters. The highest BCUT2D eigenvalue weighted by Crippen LogP contribution is 2.18. The topological polar surface area (TPSA) is 69.8 Å². The molecule has 0 radical (unpaired) electrons. The number of piperazine rings is 1. The lowest BCUT2D eigenvalue weighted by molar-refractivity contribution is 0.109. The Morgan fingerprint density at radius 1 is 1.12 bits per heavy atom. The Morgan fingerprint density at radius 2 is 1.96 bits per heavy atom. The molecule has 1 aliphatic rings. The van der Waals surface area contributed by atoms with Crippen molar-refractivity contribution in [2.24, 2.45) is 0 Å². The van der Waals surface area contributed by atoms with Crippen molar-refractivity contribution in [2.75, 3.05) is 37.6 Å². The van der Waals surface area contributed by atoms with E-state index >= 15 is 0 Å². The second-order valence-corrected chi connectivity index (χ2v) is 6.18. The Morgan fingerprint density at radius 3 is 2.76 bits per heavy atom. The molecule has 0 unspecified atom stereocenters. The lowest BCUT2D eigenvalue weighted by Crippen LogP contribution is -2.47. The van der Waals surface area contributed by atoms with Crippen molar-refractivity contribution in [3.8, 4) is 0 Å². The van der Waals surface area contributed by atoms with Gasteiger partial charge in [-0.05, 0) is 29.8 Å². The van der Waals surface area contributed by atoms with Crippen molar-refractivity contribution in [1.29, 1.82) is 0 Å². The van der Waals surface area contributed by atoms with Crippen LogP contribution in [0.2, 0.25) is 0 Å². The van der Waals surface area contributed by atoms with Crippen LogP contribution in [0.25, 0.3) is 5.65 Å². The summed E-state index contributed by atoms with van der Waals surface area (Å²) >= 11 is 0. The highest BCUT2D eigenvalue weighted by molar-refractivity contribution is 5.45. The van der Waals surface area contributed by atoms with Crippen LogP contribution in [-0.4, -0.2) is 62.5 Å². The normalized spacial score (nSPS) is 17.1. The zero-order valence-electron chi connectivity index (χ0n) is 13.7. The van der Waals surface area contributed by atoms with E-state index in [0.717, 1.165) is 37.6 Å². The highest BCUT2D eigenvalue weighted by atomic mass is 19.1. The van der Waals surface area contributed by atoms with Gasteiger partial charge in [0.25, 0.3) is 0 Å². The van der Waals surface area contributed by atoms with E-state index < -0.39 is 6.10 Å². The van der Waals surface area contributed by atoms with Gasteiger partial charge in [0.2, 0.25) is 0 Å². The molecule has 1 N–H and O–H groups in total. The fourth-order valence-electron chi connectivity index (χ4n) is 3.11. The molecule has 0 saturated carbocycles. The van der Waals surface area contributed by atoms with Gasteiger partial charge in [-0.2, -0.15) is 4.52 Å². The number of aromatic nitrogens is 4. The number of aliphatic hydroxyl groups excluding tert-OH is 1. The summed E-state index contributed by atoms with van der Waals surface area (Å²) in [7, 11) is 0. The predicted molar refractivity (Wildman–Crippen MR) is 90.8 cm³/mol. The molecule has 8 heteroatoms. The average molecular weight is 342 g/mol. The molecule has 25 heavy (non-hydrogen) atoms. The fourth-order valence-corrected chi connectivity index (χ4v) is 3.11. The number of aliphatic hydroxyl groups is 1. The molecular formula is C17H19FN6O. The number of fused-ring (bicyclic) bond motifs is 1. The van der Waals surface area contributed by atoms with Gasteiger partial charge in [-0.3, -0.25) is 4.90 Å². The molecule has 0 amide bonds.